The first-order chi connectivity index (χ1) is 11.5. The van der Waals surface area contributed by atoms with E-state index >= 15 is 0 Å². The number of aromatic nitrogens is 1. The van der Waals surface area contributed by atoms with E-state index in [1.54, 1.807) is 25.8 Å². The molecule has 128 valence electrons. The SMILES string of the molecule is COc1ccc(SCCCC(=O)Nc2nc(C)c(C(C)=O)s2)cc1. The maximum atomic E-state index is 11.9. The number of rotatable bonds is 8. The number of thioether (sulfide) groups is 1. The number of benzene rings is 1. The summed E-state index contributed by atoms with van der Waals surface area (Å²) in [7, 11) is 1.64. The van der Waals surface area contributed by atoms with Crippen molar-refractivity contribution in [3.63, 3.8) is 0 Å². The van der Waals surface area contributed by atoms with Crippen LogP contribution in [0, 0.1) is 6.92 Å². The molecule has 2 rings (SSSR count). The first-order valence-electron chi connectivity index (χ1n) is 7.54. The second kappa shape index (κ2) is 8.84. The van der Waals surface area contributed by atoms with Crippen molar-refractivity contribution in [3.8, 4) is 5.75 Å². The molecule has 7 heteroatoms. The Kier molecular flexibility index (Phi) is 6.81. The van der Waals surface area contributed by atoms with Gasteiger partial charge in [-0.25, -0.2) is 4.98 Å². The summed E-state index contributed by atoms with van der Waals surface area (Å²) in [5, 5.41) is 3.25. The molecule has 1 aromatic heterocycles. The molecule has 1 aromatic carbocycles. The summed E-state index contributed by atoms with van der Waals surface area (Å²) in [6, 6.07) is 7.86. The Morgan fingerprint density at radius 3 is 2.58 bits per heavy atom. The molecule has 0 aliphatic carbocycles. The number of nitrogens with zero attached hydrogens (tertiary/aromatic N) is 1. The number of ether oxygens (including phenoxy) is 1. The van der Waals surface area contributed by atoms with Crippen LogP contribution in [-0.4, -0.2) is 29.5 Å². The van der Waals surface area contributed by atoms with Crippen LogP contribution in [0.25, 0.3) is 0 Å². The lowest BCUT2D eigenvalue weighted by atomic mass is 10.3. The highest BCUT2D eigenvalue weighted by Gasteiger charge is 2.13. The molecule has 1 N–H and O–H groups in total. The molecule has 2 aromatic rings. The fourth-order valence-corrected chi connectivity index (χ4v) is 3.78. The quantitative estimate of drug-likeness (QED) is 0.432. The van der Waals surface area contributed by atoms with E-state index in [-0.39, 0.29) is 11.7 Å². The molecule has 0 bridgehead atoms. The summed E-state index contributed by atoms with van der Waals surface area (Å²) in [5.41, 5.74) is 0.665. The maximum Gasteiger partial charge on any atom is 0.226 e. The summed E-state index contributed by atoms with van der Waals surface area (Å²) in [5.74, 6) is 1.59. The Balaban J connectivity index is 1.73. The average molecular weight is 364 g/mol. The van der Waals surface area contributed by atoms with Crippen molar-refractivity contribution < 1.29 is 14.3 Å². The topological polar surface area (TPSA) is 68.3 Å². The molecule has 0 saturated heterocycles. The fraction of sp³-hybridized carbons (Fsp3) is 0.353. The van der Waals surface area contributed by atoms with Gasteiger partial charge in [-0.1, -0.05) is 11.3 Å². The number of ketones is 1. The molecule has 0 saturated carbocycles. The van der Waals surface area contributed by atoms with Crippen LogP contribution in [0.2, 0.25) is 0 Å². The summed E-state index contributed by atoms with van der Waals surface area (Å²) < 4.78 is 5.12. The molecule has 0 fully saturated rings. The van der Waals surface area contributed by atoms with Gasteiger partial charge in [0.2, 0.25) is 5.91 Å². The van der Waals surface area contributed by atoms with E-state index in [2.05, 4.69) is 10.3 Å². The highest BCUT2D eigenvalue weighted by atomic mass is 32.2. The van der Waals surface area contributed by atoms with E-state index in [4.69, 9.17) is 4.74 Å². The van der Waals surface area contributed by atoms with Gasteiger partial charge >= 0.3 is 0 Å². The number of hydrogen-bond acceptors (Lipinski definition) is 6. The third-order valence-electron chi connectivity index (χ3n) is 3.24. The molecule has 5 nitrogen and oxygen atoms in total. The van der Waals surface area contributed by atoms with E-state index in [1.807, 2.05) is 24.3 Å². The highest BCUT2D eigenvalue weighted by molar-refractivity contribution is 7.99. The minimum absolute atomic E-state index is 0.0265. The predicted octanol–water partition coefficient (Wildman–Crippen LogP) is 4.17. The Morgan fingerprint density at radius 1 is 1.29 bits per heavy atom. The van der Waals surface area contributed by atoms with Crippen LogP contribution in [0.1, 0.15) is 35.1 Å². The van der Waals surface area contributed by atoms with Crippen molar-refractivity contribution in [3.05, 3.63) is 34.8 Å². The molecular weight excluding hydrogens is 344 g/mol. The van der Waals surface area contributed by atoms with E-state index in [0.717, 1.165) is 22.8 Å². The van der Waals surface area contributed by atoms with E-state index in [0.29, 0.717) is 22.1 Å². The van der Waals surface area contributed by atoms with Crippen LogP contribution in [0.3, 0.4) is 0 Å². The molecule has 0 aliphatic rings. The molecule has 0 spiro atoms. The van der Waals surface area contributed by atoms with Gasteiger partial charge in [-0.15, -0.1) is 11.8 Å². The van der Waals surface area contributed by atoms with Gasteiger partial charge in [0, 0.05) is 18.2 Å². The highest BCUT2D eigenvalue weighted by Crippen LogP contribution is 2.24. The van der Waals surface area contributed by atoms with Crippen molar-refractivity contribution in [1.29, 1.82) is 0 Å². The fourth-order valence-electron chi connectivity index (χ4n) is 2.05. The second-order valence-electron chi connectivity index (χ2n) is 5.17. The second-order valence-corrected chi connectivity index (χ2v) is 7.33. The molecule has 0 unspecified atom stereocenters. The van der Waals surface area contributed by atoms with Crippen molar-refractivity contribution in [1.82, 2.24) is 4.98 Å². The molecule has 0 aliphatic heterocycles. The number of methoxy groups -OCH3 is 1. The molecule has 0 radical (unpaired) electrons. The number of Topliss-reactive ketones (excluding diaryl/α,β-unsaturated/α-hetero) is 1. The predicted molar refractivity (Wildman–Crippen MR) is 98.4 cm³/mol. The lowest BCUT2D eigenvalue weighted by Gasteiger charge is -2.04. The number of thiazole rings is 1. The van der Waals surface area contributed by atoms with Crippen molar-refractivity contribution in [2.24, 2.45) is 0 Å². The Morgan fingerprint density at radius 2 is 2.00 bits per heavy atom. The number of amides is 1. The molecule has 24 heavy (non-hydrogen) atoms. The zero-order valence-electron chi connectivity index (χ0n) is 13.9. The number of carbonyl (C=O) groups is 2. The normalized spacial score (nSPS) is 10.5. The largest absolute Gasteiger partial charge is 0.497 e. The van der Waals surface area contributed by atoms with Gasteiger partial charge in [-0.05, 0) is 43.4 Å². The van der Waals surface area contributed by atoms with Crippen molar-refractivity contribution >= 4 is 39.9 Å². The van der Waals surface area contributed by atoms with Crippen LogP contribution in [0.15, 0.2) is 29.2 Å². The van der Waals surface area contributed by atoms with E-state index in [9.17, 15) is 9.59 Å². The van der Waals surface area contributed by atoms with Crippen LogP contribution < -0.4 is 10.1 Å². The number of carbonyl (C=O) groups excluding carboxylic acids is 2. The summed E-state index contributed by atoms with van der Waals surface area (Å²) >= 11 is 2.93. The third kappa shape index (κ3) is 5.35. The lowest BCUT2D eigenvalue weighted by molar-refractivity contribution is -0.116. The Bertz CT molecular complexity index is 711. The number of hydrogen-bond donors (Lipinski definition) is 1. The summed E-state index contributed by atoms with van der Waals surface area (Å²) in [6.07, 6.45) is 1.20. The molecule has 0 atom stereocenters. The van der Waals surface area contributed by atoms with Gasteiger partial charge in [0.25, 0.3) is 0 Å². The van der Waals surface area contributed by atoms with Gasteiger partial charge < -0.3 is 10.1 Å². The van der Waals surface area contributed by atoms with Gasteiger partial charge in [0.05, 0.1) is 17.7 Å². The van der Waals surface area contributed by atoms with Gasteiger partial charge in [0.15, 0.2) is 10.9 Å². The average Bonchev–Trinajstić information content (AvgIpc) is 2.92. The number of aryl methyl sites for hydroxylation is 1. The van der Waals surface area contributed by atoms with Gasteiger partial charge in [-0.2, -0.15) is 0 Å². The number of anilines is 1. The smallest absolute Gasteiger partial charge is 0.226 e. The van der Waals surface area contributed by atoms with Crippen LogP contribution in [-0.2, 0) is 4.79 Å². The minimum Gasteiger partial charge on any atom is -0.497 e. The van der Waals surface area contributed by atoms with Crippen LogP contribution in [0.4, 0.5) is 5.13 Å². The zero-order chi connectivity index (χ0) is 17.5. The minimum atomic E-state index is -0.0748. The van der Waals surface area contributed by atoms with Gasteiger partial charge in [0.1, 0.15) is 5.75 Å². The molecular formula is C17H20N2O3S2. The summed E-state index contributed by atoms with van der Waals surface area (Å²) in [6.45, 7) is 3.27. The van der Waals surface area contributed by atoms with Crippen LogP contribution >= 0.6 is 23.1 Å². The zero-order valence-corrected chi connectivity index (χ0v) is 15.6. The molecule has 1 heterocycles. The van der Waals surface area contributed by atoms with E-state index < -0.39 is 0 Å². The van der Waals surface area contributed by atoms with Gasteiger partial charge in [-0.3, -0.25) is 9.59 Å². The lowest BCUT2D eigenvalue weighted by Crippen LogP contribution is -2.11. The maximum absolute atomic E-state index is 11.9. The standard InChI is InChI=1S/C17H20N2O3S2/c1-11-16(12(2)20)24-17(18-11)19-15(21)5-4-10-23-14-8-6-13(22-3)7-9-14/h6-9H,4-5,10H2,1-3H3,(H,18,19,21). The van der Waals surface area contributed by atoms with E-state index in [1.165, 1.54) is 18.3 Å². The number of nitrogens with one attached hydrogen (secondary N) is 1. The Hall–Kier alpha value is -1.86. The molecule has 1 amide bonds. The summed E-state index contributed by atoms with van der Waals surface area (Å²) in [4.78, 5) is 29.3. The monoisotopic (exact) mass is 364 g/mol. The third-order valence-corrected chi connectivity index (χ3v) is 5.51. The Labute approximate surface area is 149 Å². The first-order valence-corrected chi connectivity index (χ1v) is 9.35. The van der Waals surface area contributed by atoms with Crippen molar-refractivity contribution in [2.45, 2.75) is 31.6 Å². The van der Waals surface area contributed by atoms with Crippen molar-refractivity contribution in [2.75, 3.05) is 18.2 Å². The first kappa shape index (κ1) is 18.5. The van der Waals surface area contributed by atoms with Crippen LogP contribution in [0.5, 0.6) is 5.75 Å².